The van der Waals surface area contributed by atoms with E-state index >= 15 is 0 Å². The van der Waals surface area contributed by atoms with Crippen LogP contribution in [-0.2, 0) is 6.54 Å². The highest BCUT2D eigenvalue weighted by molar-refractivity contribution is 6.30. The van der Waals surface area contributed by atoms with Gasteiger partial charge in [-0.2, -0.15) is 0 Å². The Morgan fingerprint density at radius 1 is 1.05 bits per heavy atom. The Kier molecular flexibility index (Phi) is 3.54. The van der Waals surface area contributed by atoms with E-state index in [-0.39, 0.29) is 5.82 Å². The summed E-state index contributed by atoms with van der Waals surface area (Å²) in [5.41, 5.74) is 2.79. The summed E-state index contributed by atoms with van der Waals surface area (Å²) < 4.78 is 13.8. The Hall–Kier alpha value is -1.38. The van der Waals surface area contributed by atoms with E-state index < -0.39 is 0 Å². The van der Waals surface area contributed by atoms with Gasteiger partial charge in [-0.25, -0.2) is 4.39 Å². The predicted octanol–water partition coefficient (Wildman–Crippen LogP) is 4.40. The second-order valence-corrected chi connectivity index (χ2v) is 5.40. The van der Waals surface area contributed by atoms with Crippen molar-refractivity contribution in [2.24, 2.45) is 0 Å². The van der Waals surface area contributed by atoms with Crippen LogP contribution in [0, 0.1) is 5.82 Å². The lowest BCUT2D eigenvalue weighted by atomic mass is 10.0. The van der Waals surface area contributed by atoms with E-state index in [1.165, 1.54) is 18.9 Å². The van der Waals surface area contributed by atoms with Crippen molar-refractivity contribution in [1.82, 2.24) is 5.32 Å². The maximum Gasteiger partial charge on any atom is 0.127 e. The van der Waals surface area contributed by atoms with Gasteiger partial charge < -0.3 is 5.32 Å². The minimum atomic E-state index is -0.147. The van der Waals surface area contributed by atoms with Crippen molar-refractivity contribution in [3.8, 4) is 11.1 Å². The highest BCUT2D eigenvalue weighted by Crippen LogP contribution is 2.25. The van der Waals surface area contributed by atoms with E-state index in [1.54, 1.807) is 6.07 Å². The first-order valence-electron chi connectivity index (χ1n) is 6.50. The van der Waals surface area contributed by atoms with Gasteiger partial charge in [0.2, 0.25) is 0 Å². The van der Waals surface area contributed by atoms with Gasteiger partial charge in [0.15, 0.2) is 0 Å². The van der Waals surface area contributed by atoms with Gasteiger partial charge in [-0.1, -0.05) is 29.8 Å². The first kappa shape index (κ1) is 12.6. The van der Waals surface area contributed by atoms with Gasteiger partial charge in [-0.05, 0) is 48.2 Å². The molecule has 98 valence electrons. The Morgan fingerprint density at radius 3 is 2.42 bits per heavy atom. The summed E-state index contributed by atoms with van der Waals surface area (Å²) in [7, 11) is 0. The minimum Gasteiger partial charge on any atom is -0.310 e. The van der Waals surface area contributed by atoms with Crippen LogP contribution < -0.4 is 5.32 Å². The molecule has 0 aliphatic heterocycles. The minimum absolute atomic E-state index is 0.147. The largest absolute Gasteiger partial charge is 0.310 e. The lowest BCUT2D eigenvalue weighted by Gasteiger charge is -2.08. The average Bonchev–Trinajstić information content (AvgIpc) is 3.23. The van der Waals surface area contributed by atoms with Crippen molar-refractivity contribution >= 4 is 11.6 Å². The Labute approximate surface area is 117 Å². The molecule has 0 aromatic heterocycles. The third kappa shape index (κ3) is 3.14. The van der Waals surface area contributed by atoms with Crippen molar-refractivity contribution in [1.29, 1.82) is 0 Å². The van der Waals surface area contributed by atoms with Crippen LogP contribution in [0.2, 0.25) is 5.02 Å². The number of nitrogens with one attached hydrogen (secondary N) is 1. The molecular weight excluding hydrogens is 261 g/mol. The molecular formula is C16H15ClFN. The summed E-state index contributed by atoms with van der Waals surface area (Å²) in [6.07, 6.45) is 2.41. The third-order valence-electron chi connectivity index (χ3n) is 3.38. The third-order valence-corrected chi connectivity index (χ3v) is 3.63. The van der Waals surface area contributed by atoms with Crippen molar-refractivity contribution in [2.75, 3.05) is 0 Å². The van der Waals surface area contributed by atoms with Crippen LogP contribution in [0.4, 0.5) is 4.39 Å². The lowest BCUT2D eigenvalue weighted by molar-refractivity contribution is 0.587. The molecule has 0 heterocycles. The normalized spacial score (nSPS) is 14.6. The van der Waals surface area contributed by atoms with Crippen LogP contribution in [0.3, 0.4) is 0 Å². The second-order valence-electron chi connectivity index (χ2n) is 4.97. The highest BCUT2D eigenvalue weighted by Gasteiger charge is 2.20. The van der Waals surface area contributed by atoms with E-state index in [1.807, 2.05) is 30.3 Å². The monoisotopic (exact) mass is 275 g/mol. The molecule has 1 fully saturated rings. The molecule has 0 spiro atoms. The van der Waals surface area contributed by atoms with Crippen LogP contribution in [0.5, 0.6) is 0 Å². The van der Waals surface area contributed by atoms with Gasteiger partial charge in [-0.3, -0.25) is 0 Å². The SMILES string of the molecule is Fc1ccc(-c2ccc(Cl)cc2)cc1CNC1CC1. The van der Waals surface area contributed by atoms with Crippen molar-refractivity contribution in [2.45, 2.75) is 25.4 Å². The number of hydrogen-bond donors (Lipinski definition) is 1. The summed E-state index contributed by atoms with van der Waals surface area (Å²) in [6.45, 7) is 0.595. The van der Waals surface area contributed by atoms with Crippen molar-refractivity contribution in [3.63, 3.8) is 0 Å². The lowest BCUT2D eigenvalue weighted by Crippen LogP contribution is -2.16. The fraction of sp³-hybridized carbons (Fsp3) is 0.250. The average molecular weight is 276 g/mol. The number of halogens is 2. The second kappa shape index (κ2) is 5.32. The van der Waals surface area contributed by atoms with Crippen LogP contribution in [0.25, 0.3) is 11.1 Å². The smallest absolute Gasteiger partial charge is 0.127 e. The summed E-state index contributed by atoms with van der Waals surface area (Å²) in [6, 6.07) is 13.4. The zero-order chi connectivity index (χ0) is 13.2. The summed E-state index contributed by atoms with van der Waals surface area (Å²) in [5, 5.41) is 4.05. The standard InChI is InChI=1S/C16H15ClFN/c17-14-4-1-11(2-5-14)12-3-8-16(18)13(9-12)10-19-15-6-7-15/h1-5,8-9,15,19H,6-7,10H2. The molecule has 3 rings (SSSR count). The van der Waals surface area contributed by atoms with E-state index in [0.717, 1.165) is 16.7 Å². The van der Waals surface area contributed by atoms with Crippen LogP contribution in [-0.4, -0.2) is 6.04 Å². The van der Waals surface area contributed by atoms with E-state index in [0.29, 0.717) is 17.6 Å². The molecule has 1 aliphatic carbocycles. The molecule has 19 heavy (non-hydrogen) atoms. The summed E-state index contributed by atoms with van der Waals surface area (Å²) in [5.74, 6) is -0.147. The fourth-order valence-electron chi connectivity index (χ4n) is 2.07. The topological polar surface area (TPSA) is 12.0 Å². The van der Waals surface area contributed by atoms with Crippen molar-refractivity contribution in [3.05, 3.63) is 58.9 Å². The number of hydrogen-bond acceptors (Lipinski definition) is 1. The first-order valence-corrected chi connectivity index (χ1v) is 6.88. The predicted molar refractivity (Wildman–Crippen MR) is 76.7 cm³/mol. The zero-order valence-electron chi connectivity index (χ0n) is 10.5. The van der Waals surface area contributed by atoms with E-state index in [9.17, 15) is 4.39 Å². The molecule has 0 amide bonds. The van der Waals surface area contributed by atoms with E-state index in [2.05, 4.69) is 5.32 Å². The molecule has 1 aliphatic rings. The Balaban J connectivity index is 1.84. The molecule has 0 saturated heterocycles. The summed E-state index contributed by atoms with van der Waals surface area (Å²) >= 11 is 5.88. The molecule has 1 nitrogen and oxygen atoms in total. The maximum absolute atomic E-state index is 13.8. The van der Waals surface area contributed by atoms with Crippen molar-refractivity contribution < 1.29 is 4.39 Å². The van der Waals surface area contributed by atoms with Crippen LogP contribution in [0.15, 0.2) is 42.5 Å². The molecule has 0 atom stereocenters. The zero-order valence-corrected chi connectivity index (χ0v) is 11.3. The summed E-state index contributed by atoms with van der Waals surface area (Å²) in [4.78, 5) is 0. The molecule has 0 bridgehead atoms. The number of rotatable bonds is 4. The van der Waals surface area contributed by atoms with Crippen LogP contribution in [0.1, 0.15) is 18.4 Å². The van der Waals surface area contributed by atoms with Crippen LogP contribution >= 0.6 is 11.6 Å². The molecule has 0 radical (unpaired) electrons. The number of benzene rings is 2. The molecule has 0 unspecified atom stereocenters. The quantitative estimate of drug-likeness (QED) is 0.872. The molecule has 3 heteroatoms. The van der Waals surface area contributed by atoms with Gasteiger partial charge in [0.05, 0.1) is 0 Å². The molecule has 2 aromatic carbocycles. The first-order chi connectivity index (χ1) is 9.22. The van der Waals surface area contributed by atoms with Gasteiger partial charge in [0, 0.05) is 23.2 Å². The highest BCUT2D eigenvalue weighted by atomic mass is 35.5. The Bertz CT molecular complexity index is 576. The van der Waals surface area contributed by atoms with Gasteiger partial charge in [0.25, 0.3) is 0 Å². The van der Waals surface area contributed by atoms with Gasteiger partial charge in [-0.15, -0.1) is 0 Å². The van der Waals surface area contributed by atoms with Gasteiger partial charge >= 0.3 is 0 Å². The van der Waals surface area contributed by atoms with E-state index in [4.69, 9.17) is 11.6 Å². The fourth-order valence-corrected chi connectivity index (χ4v) is 2.20. The molecule has 1 saturated carbocycles. The maximum atomic E-state index is 13.8. The van der Waals surface area contributed by atoms with Gasteiger partial charge in [0.1, 0.15) is 5.82 Å². The molecule has 2 aromatic rings. The molecule has 1 N–H and O–H groups in total. The Morgan fingerprint density at radius 2 is 1.74 bits per heavy atom.